The molecule has 0 aromatic carbocycles. The van der Waals surface area contributed by atoms with E-state index in [1.54, 1.807) is 0 Å². The predicted octanol–water partition coefficient (Wildman–Crippen LogP) is 0.989. The molecule has 0 saturated carbocycles. The summed E-state index contributed by atoms with van der Waals surface area (Å²) in [6, 6.07) is 0. The largest absolute Gasteiger partial charge is 0.475 e. The molecule has 0 fully saturated rings. The zero-order valence-electron chi connectivity index (χ0n) is 7.99. The number of nitrogens with zero attached hydrogens (tertiary/aromatic N) is 2. The maximum atomic E-state index is 5.53. The Morgan fingerprint density at radius 1 is 1.77 bits per heavy atom. The zero-order valence-corrected chi connectivity index (χ0v) is 7.99. The molecule has 1 aromatic rings. The maximum absolute atomic E-state index is 5.53. The van der Waals surface area contributed by atoms with Gasteiger partial charge in [0.1, 0.15) is 12.7 Å². The molecule has 2 rings (SSSR count). The maximum Gasteiger partial charge on any atom is 0.214 e. The average Bonchev–Trinajstić information content (AvgIpc) is 2.48. The van der Waals surface area contributed by atoms with Crippen molar-refractivity contribution in [1.29, 1.82) is 0 Å². The molecule has 1 aromatic heterocycles. The molecule has 0 saturated heterocycles. The van der Waals surface area contributed by atoms with E-state index in [1.807, 2.05) is 24.7 Å². The van der Waals surface area contributed by atoms with Crippen LogP contribution in [-0.2, 0) is 11.3 Å². The van der Waals surface area contributed by atoms with Gasteiger partial charge in [-0.2, -0.15) is 5.10 Å². The van der Waals surface area contributed by atoms with Crippen LogP contribution in [0.5, 0.6) is 5.88 Å². The lowest BCUT2D eigenvalue weighted by atomic mass is 10.3. The first-order valence-electron chi connectivity index (χ1n) is 4.58. The summed E-state index contributed by atoms with van der Waals surface area (Å²) < 4.78 is 12.9. The molecule has 0 aliphatic carbocycles. The van der Waals surface area contributed by atoms with Crippen molar-refractivity contribution < 1.29 is 9.47 Å². The molecule has 72 valence electrons. The lowest BCUT2D eigenvalue weighted by molar-refractivity contribution is -0.00668. The number of rotatable bonds is 2. The smallest absolute Gasteiger partial charge is 0.214 e. The lowest BCUT2D eigenvalue weighted by Crippen LogP contribution is -2.32. The SMILES string of the molecule is CCOC1COc2c(C)cnn2C1. The summed E-state index contributed by atoms with van der Waals surface area (Å²) in [6.07, 6.45) is 1.97. The van der Waals surface area contributed by atoms with Crippen LogP contribution in [0, 0.1) is 6.92 Å². The summed E-state index contributed by atoms with van der Waals surface area (Å²) in [5, 5.41) is 4.20. The van der Waals surface area contributed by atoms with Gasteiger partial charge in [0.15, 0.2) is 0 Å². The fourth-order valence-corrected chi connectivity index (χ4v) is 1.54. The molecule has 4 heteroatoms. The molecule has 0 radical (unpaired) electrons. The highest BCUT2D eigenvalue weighted by molar-refractivity contribution is 5.23. The predicted molar refractivity (Wildman–Crippen MR) is 47.9 cm³/mol. The number of hydrogen-bond donors (Lipinski definition) is 0. The minimum atomic E-state index is 0.150. The van der Waals surface area contributed by atoms with Crippen molar-refractivity contribution in [3.05, 3.63) is 11.8 Å². The summed E-state index contributed by atoms with van der Waals surface area (Å²) in [7, 11) is 0. The summed E-state index contributed by atoms with van der Waals surface area (Å²) >= 11 is 0. The second kappa shape index (κ2) is 3.38. The van der Waals surface area contributed by atoms with E-state index in [2.05, 4.69) is 5.10 Å². The fourth-order valence-electron chi connectivity index (χ4n) is 1.54. The van der Waals surface area contributed by atoms with Gasteiger partial charge in [0.25, 0.3) is 0 Å². The second-order valence-electron chi connectivity index (χ2n) is 3.20. The monoisotopic (exact) mass is 182 g/mol. The minimum absolute atomic E-state index is 0.150. The Balaban J connectivity index is 2.11. The van der Waals surface area contributed by atoms with Crippen LogP contribution < -0.4 is 4.74 Å². The molecule has 13 heavy (non-hydrogen) atoms. The molecule has 0 N–H and O–H groups in total. The summed E-state index contributed by atoms with van der Waals surface area (Å²) in [5.41, 5.74) is 1.09. The third-order valence-electron chi connectivity index (χ3n) is 2.15. The van der Waals surface area contributed by atoms with Crippen molar-refractivity contribution in [2.75, 3.05) is 13.2 Å². The molecule has 1 atom stereocenters. The quantitative estimate of drug-likeness (QED) is 0.684. The molecular formula is C9H14N2O2. The van der Waals surface area contributed by atoms with Crippen molar-refractivity contribution in [3.63, 3.8) is 0 Å². The van der Waals surface area contributed by atoms with Crippen LogP contribution in [0.2, 0.25) is 0 Å². The number of aromatic nitrogens is 2. The van der Waals surface area contributed by atoms with E-state index in [0.717, 1.165) is 24.6 Å². The standard InChI is InChI=1S/C9H14N2O2/c1-3-12-8-5-11-9(13-6-8)7(2)4-10-11/h4,8H,3,5-6H2,1-2H3. The third-order valence-corrected chi connectivity index (χ3v) is 2.15. The topological polar surface area (TPSA) is 36.3 Å². The van der Waals surface area contributed by atoms with E-state index in [-0.39, 0.29) is 6.10 Å². The third kappa shape index (κ3) is 1.54. The Hall–Kier alpha value is -1.03. The van der Waals surface area contributed by atoms with Crippen LogP contribution >= 0.6 is 0 Å². The van der Waals surface area contributed by atoms with Crippen LogP contribution in [0.3, 0.4) is 0 Å². The van der Waals surface area contributed by atoms with E-state index in [1.165, 1.54) is 0 Å². The van der Waals surface area contributed by atoms with Crippen molar-refractivity contribution in [3.8, 4) is 5.88 Å². The van der Waals surface area contributed by atoms with Crippen molar-refractivity contribution >= 4 is 0 Å². The van der Waals surface area contributed by atoms with Crippen molar-refractivity contribution in [2.24, 2.45) is 0 Å². The molecule has 1 aliphatic heterocycles. The Morgan fingerprint density at radius 3 is 3.38 bits per heavy atom. The van der Waals surface area contributed by atoms with Crippen LogP contribution in [0.25, 0.3) is 0 Å². The zero-order chi connectivity index (χ0) is 9.26. The molecule has 0 bridgehead atoms. The highest BCUT2D eigenvalue weighted by Crippen LogP contribution is 2.21. The second-order valence-corrected chi connectivity index (χ2v) is 3.20. The number of hydrogen-bond acceptors (Lipinski definition) is 3. The molecule has 0 spiro atoms. The van der Waals surface area contributed by atoms with Gasteiger partial charge in [0, 0.05) is 12.2 Å². The van der Waals surface area contributed by atoms with Crippen LogP contribution in [0.4, 0.5) is 0 Å². The number of aryl methyl sites for hydroxylation is 1. The summed E-state index contributed by atoms with van der Waals surface area (Å²) in [6.45, 7) is 6.16. The van der Waals surface area contributed by atoms with Gasteiger partial charge >= 0.3 is 0 Å². The Bertz CT molecular complexity index is 296. The van der Waals surface area contributed by atoms with Crippen LogP contribution in [0.15, 0.2) is 6.20 Å². The summed E-state index contributed by atoms with van der Waals surface area (Å²) in [4.78, 5) is 0. The van der Waals surface area contributed by atoms with Crippen molar-refractivity contribution in [1.82, 2.24) is 9.78 Å². The van der Waals surface area contributed by atoms with Crippen LogP contribution in [0.1, 0.15) is 12.5 Å². The van der Waals surface area contributed by atoms with Gasteiger partial charge in [-0.1, -0.05) is 0 Å². The molecule has 4 nitrogen and oxygen atoms in total. The molecule has 1 aliphatic rings. The van der Waals surface area contributed by atoms with Gasteiger partial charge in [-0.15, -0.1) is 0 Å². The Kier molecular flexibility index (Phi) is 2.22. The average molecular weight is 182 g/mol. The van der Waals surface area contributed by atoms with E-state index < -0.39 is 0 Å². The first-order chi connectivity index (χ1) is 6.31. The van der Waals surface area contributed by atoms with E-state index in [0.29, 0.717) is 6.61 Å². The molecular weight excluding hydrogens is 168 g/mol. The number of ether oxygens (including phenoxy) is 2. The molecule has 1 unspecified atom stereocenters. The Labute approximate surface area is 77.4 Å². The normalized spacial score (nSPS) is 20.9. The van der Waals surface area contributed by atoms with Gasteiger partial charge in [0.2, 0.25) is 5.88 Å². The van der Waals surface area contributed by atoms with Gasteiger partial charge < -0.3 is 9.47 Å². The van der Waals surface area contributed by atoms with E-state index in [4.69, 9.17) is 9.47 Å². The molecule has 0 amide bonds. The lowest BCUT2D eigenvalue weighted by Gasteiger charge is -2.24. The number of fused-ring (bicyclic) bond motifs is 1. The van der Waals surface area contributed by atoms with E-state index >= 15 is 0 Å². The highest BCUT2D eigenvalue weighted by atomic mass is 16.5. The van der Waals surface area contributed by atoms with Crippen molar-refractivity contribution in [2.45, 2.75) is 26.5 Å². The Morgan fingerprint density at radius 2 is 2.62 bits per heavy atom. The van der Waals surface area contributed by atoms with Gasteiger partial charge in [-0.05, 0) is 13.8 Å². The van der Waals surface area contributed by atoms with Gasteiger partial charge in [-0.25, -0.2) is 4.68 Å². The summed E-state index contributed by atoms with van der Waals surface area (Å²) in [5.74, 6) is 0.885. The first kappa shape index (κ1) is 8.56. The van der Waals surface area contributed by atoms with E-state index in [9.17, 15) is 0 Å². The molecule has 2 heterocycles. The van der Waals surface area contributed by atoms with Gasteiger partial charge in [0.05, 0.1) is 12.7 Å². The van der Waals surface area contributed by atoms with Gasteiger partial charge in [-0.3, -0.25) is 0 Å². The first-order valence-corrected chi connectivity index (χ1v) is 4.58. The fraction of sp³-hybridized carbons (Fsp3) is 0.667. The minimum Gasteiger partial charge on any atom is -0.475 e. The highest BCUT2D eigenvalue weighted by Gasteiger charge is 2.21. The van der Waals surface area contributed by atoms with Crippen LogP contribution in [-0.4, -0.2) is 29.1 Å².